The van der Waals surface area contributed by atoms with Crippen LogP contribution in [0.15, 0.2) is 54.6 Å². The van der Waals surface area contributed by atoms with Crippen molar-refractivity contribution in [1.82, 2.24) is 0 Å². The van der Waals surface area contributed by atoms with Gasteiger partial charge in [-0.25, -0.2) is 4.39 Å². The van der Waals surface area contributed by atoms with Gasteiger partial charge in [-0.05, 0) is 12.1 Å². The van der Waals surface area contributed by atoms with E-state index in [2.05, 4.69) is 30.3 Å². The van der Waals surface area contributed by atoms with Crippen LogP contribution in [0.3, 0.4) is 0 Å². The van der Waals surface area contributed by atoms with Gasteiger partial charge in [0.15, 0.2) is 0 Å². The molecule has 0 unspecified atom stereocenters. The fourth-order valence-electron chi connectivity index (χ4n) is 3.09. The predicted octanol–water partition coefficient (Wildman–Crippen LogP) is 0.309. The van der Waals surface area contributed by atoms with E-state index in [1.54, 1.807) is 21.9 Å². The summed E-state index contributed by atoms with van der Waals surface area (Å²) in [4.78, 5) is 3.28. The van der Waals surface area contributed by atoms with E-state index in [4.69, 9.17) is 0 Å². The van der Waals surface area contributed by atoms with Crippen LogP contribution in [0.4, 0.5) is 4.39 Å². The molecular formula is C18H23FN2+2. The van der Waals surface area contributed by atoms with Crippen molar-refractivity contribution in [1.29, 1.82) is 0 Å². The number of benzene rings is 2. The van der Waals surface area contributed by atoms with Gasteiger partial charge in [0.05, 0.1) is 0 Å². The van der Waals surface area contributed by atoms with Crippen molar-refractivity contribution in [2.45, 2.75) is 13.1 Å². The van der Waals surface area contributed by atoms with Gasteiger partial charge >= 0.3 is 0 Å². The van der Waals surface area contributed by atoms with Crippen LogP contribution in [0, 0.1) is 5.82 Å². The molecule has 1 heterocycles. The first-order valence-electron chi connectivity index (χ1n) is 7.75. The zero-order chi connectivity index (χ0) is 14.5. The number of hydrogen-bond acceptors (Lipinski definition) is 0. The lowest BCUT2D eigenvalue weighted by Gasteiger charge is -2.29. The lowest BCUT2D eigenvalue weighted by atomic mass is 10.1. The molecule has 3 rings (SSSR count). The van der Waals surface area contributed by atoms with Crippen molar-refractivity contribution >= 4 is 0 Å². The van der Waals surface area contributed by atoms with Crippen molar-refractivity contribution in [2.24, 2.45) is 0 Å². The Bertz CT molecular complexity index is 545. The lowest BCUT2D eigenvalue weighted by molar-refractivity contribution is -1.02. The third-order valence-electron chi connectivity index (χ3n) is 4.33. The highest BCUT2D eigenvalue weighted by Crippen LogP contribution is 2.00. The van der Waals surface area contributed by atoms with Crippen molar-refractivity contribution in [3.63, 3.8) is 0 Å². The maximum atomic E-state index is 12.9. The average Bonchev–Trinajstić information content (AvgIpc) is 2.53. The van der Waals surface area contributed by atoms with Gasteiger partial charge in [0.25, 0.3) is 0 Å². The Kier molecular flexibility index (Phi) is 4.63. The van der Waals surface area contributed by atoms with E-state index in [0.717, 1.165) is 13.1 Å². The Morgan fingerprint density at radius 3 is 1.67 bits per heavy atom. The molecule has 21 heavy (non-hydrogen) atoms. The average molecular weight is 286 g/mol. The van der Waals surface area contributed by atoms with Crippen LogP contribution in [0.5, 0.6) is 0 Å². The highest BCUT2D eigenvalue weighted by Gasteiger charge is 2.22. The summed E-state index contributed by atoms with van der Waals surface area (Å²) >= 11 is 0. The summed E-state index contributed by atoms with van der Waals surface area (Å²) in [6.07, 6.45) is 0. The first kappa shape index (κ1) is 14.2. The highest BCUT2D eigenvalue weighted by molar-refractivity contribution is 5.15. The van der Waals surface area contributed by atoms with Crippen LogP contribution in [0.1, 0.15) is 11.1 Å². The van der Waals surface area contributed by atoms with E-state index >= 15 is 0 Å². The quantitative estimate of drug-likeness (QED) is 0.800. The first-order valence-corrected chi connectivity index (χ1v) is 7.75. The fourth-order valence-corrected chi connectivity index (χ4v) is 3.09. The number of quaternary nitrogens is 2. The van der Waals surface area contributed by atoms with Gasteiger partial charge in [-0.1, -0.05) is 42.5 Å². The summed E-state index contributed by atoms with van der Waals surface area (Å²) < 4.78 is 12.9. The number of nitrogens with one attached hydrogen (secondary N) is 2. The summed E-state index contributed by atoms with van der Waals surface area (Å²) in [5.74, 6) is -0.147. The Morgan fingerprint density at radius 1 is 0.667 bits per heavy atom. The third kappa shape index (κ3) is 4.13. The first-order chi connectivity index (χ1) is 10.3. The topological polar surface area (TPSA) is 8.88 Å². The molecule has 2 aromatic rings. The minimum atomic E-state index is -0.147. The lowest BCUT2D eigenvalue weighted by Crippen LogP contribution is -3.27. The van der Waals surface area contributed by atoms with Gasteiger partial charge in [-0.2, -0.15) is 0 Å². The summed E-state index contributed by atoms with van der Waals surface area (Å²) in [6, 6.07) is 17.7. The van der Waals surface area contributed by atoms with E-state index < -0.39 is 0 Å². The Balaban J connectivity index is 1.47. The molecule has 110 valence electrons. The fraction of sp³-hybridized carbons (Fsp3) is 0.333. The van der Waals surface area contributed by atoms with Gasteiger partial charge in [0.2, 0.25) is 0 Å². The summed E-state index contributed by atoms with van der Waals surface area (Å²) in [6.45, 7) is 6.96. The molecule has 1 fully saturated rings. The van der Waals surface area contributed by atoms with Gasteiger partial charge in [0, 0.05) is 11.1 Å². The molecule has 0 amide bonds. The molecule has 3 heteroatoms. The second-order valence-corrected chi connectivity index (χ2v) is 5.97. The van der Waals surface area contributed by atoms with E-state index in [9.17, 15) is 4.39 Å². The van der Waals surface area contributed by atoms with E-state index in [-0.39, 0.29) is 5.82 Å². The van der Waals surface area contributed by atoms with Crippen LogP contribution in [-0.2, 0) is 13.1 Å². The van der Waals surface area contributed by atoms with Gasteiger partial charge in [-0.3, -0.25) is 0 Å². The highest BCUT2D eigenvalue weighted by atomic mass is 19.1. The molecule has 1 saturated heterocycles. The molecule has 0 bridgehead atoms. The molecule has 0 aliphatic carbocycles. The number of rotatable bonds is 4. The molecule has 2 nitrogen and oxygen atoms in total. The number of halogens is 1. The Morgan fingerprint density at radius 2 is 1.14 bits per heavy atom. The molecule has 0 saturated carbocycles. The van der Waals surface area contributed by atoms with Crippen LogP contribution >= 0.6 is 0 Å². The molecular weight excluding hydrogens is 263 g/mol. The number of hydrogen-bond donors (Lipinski definition) is 2. The molecule has 0 aromatic heterocycles. The predicted molar refractivity (Wildman–Crippen MR) is 81.6 cm³/mol. The monoisotopic (exact) mass is 286 g/mol. The SMILES string of the molecule is Fc1ccc(C[NH+]2CC[NH+](Cc3ccccc3)CC2)cc1. The summed E-state index contributed by atoms with van der Waals surface area (Å²) in [5, 5.41) is 0. The van der Waals surface area contributed by atoms with E-state index in [1.807, 2.05) is 12.1 Å². The molecule has 0 spiro atoms. The van der Waals surface area contributed by atoms with Gasteiger partial charge < -0.3 is 9.80 Å². The third-order valence-corrected chi connectivity index (χ3v) is 4.33. The van der Waals surface area contributed by atoms with Crippen LogP contribution < -0.4 is 9.80 Å². The number of piperazine rings is 1. The smallest absolute Gasteiger partial charge is 0.127 e. The Labute approximate surface area is 125 Å². The molecule has 1 aliphatic heterocycles. The maximum absolute atomic E-state index is 12.9. The van der Waals surface area contributed by atoms with Crippen molar-refractivity contribution in [3.05, 3.63) is 71.5 Å². The summed E-state index contributed by atoms with van der Waals surface area (Å²) in [7, 11) is 0. The van der Waals surface area contributed by atoms with Crippen molar-refractivity contribution < 1.29 is 14.2 Å². The van der Waals surface area contributed by atoms with E-state index in [1.165, 1.54) is 37.3 Å². The van der Waals surface area contributed by atoms with Crippen molar-refractivity contribution in [3.8, 4) is 0 Å². The molecule has 2 N–H and O–H groups in total. The van der Waals surface area contributed by atoms with Crippen LogP contribution in [0.2, 0.25) is 0 Å². The molecule has 2 aromatic carbocycles. The van der Waals surface area contributed by atoms with Gasteiger partial charge in [0.1, 0.15) is 45.1 Å². The zero-order valence-electron chi connectivity index (χ0n) is 12.3. The molecule has 0 atom stereocenters. The van der Waals surface area contributed by atoms with Crippen LogP contribution in [0.25, 0.3) is 0 Å². The second kappa shape index (κ2) is 6.83. The normalized spacial score (nSPS) is 22.1. The largest absolute Gasteiger partial charge is 0.322 e. The summed E-state index contributed by atoms with van der Waals surface area (Å²) in [5.41, 5.74) is 2.66. The second-order valence-electron chi connectivity index (χ2n) is 5.97. The molecule has 0 radical (unpaired) electrons. The van der Waals surface area contributed by atoms with Crippen LogP contribution in [-0.4, -0.2) is 26.2 Å². The van der Waals surface area contributed by atoms with Gasteiger partial charge in [-0.15, -0.1) is 0 Å². The molecule has 1 aliphatic rings. The zero-order valence-corrected chi connectivity index (χ0v) is 12.3. The standard InChI is InChI=1S/C18H21FN2/c19-18-8-6-17(7-9-18)15-21-12-10-20(11-13-21)14-16-4-2-1-3-5-16/h1-9H,10-15H2/p+2. The minimum Gasteiger partial charge on any atom is -0.322 e. The minimum absolute atomic E-state index is 0.147. The Hall–Kier alpha value is -1.71. The van der Waals surface area contributed by atoms with E-state index in [0.29, 0.717) is 0 Å². The maximum Gasteiger partial charge on any atom is 0.127 e. The van der Waals surface area contributed by atoms with Crippen molar-refractivity contribution in [2.75, 3.05) is 26.2 Å².